The Morgan fingerprint density at radius 3 is 2.25 bits per heavy atom. The highest BCUT2D eigenvalue weighted by Gasteiger charge is 2.45. The van der Waals surface area contributed by atoms with Crippen LogP contribution >= 0.6 is 0 Å². The third-order valence-corrected chi connectivity index (χ3v) is 3.30. The van der Waals surface area contributed by atoms with Crippen molar-refractivity contribution in [3.63, 3.8) is 0 Å². The Bertz CT molecular complexity index is 347. The first-order valence-corrected chi connectivity index (χ1v) is 5.90. The van der Waals surface area contributed by atoms with E-state index in [9.17, 15) is 5.11 Å². The predicted molar refractivity (Wildman–Crippen MR) is 66.4 cm³/mol. The third-order valence-electron chi connectivity index (χ3n) is 3.30. The second-order valence-electron chi connectivity index (χ2n) is 5.91. The first-order valence-electron chi connectivity index (χ1n) is 5.90. The fraction of sp³-hybridized carbons (Fsp3) is 0.571. The molecule has 1 aliphatic rings. The van der Waals surface area contributed by atoms with E-state index in [4.69, 9.17) is 0 Å². The molecule has 1 N–H and O–H groups in total. The lowest BCUT2D eigenvalue weighted by molar-refractivity contribution is -0.130. The molecule has 0 spiro atoms. The third kappa shape index (κ3) is 2.45. The molecule has 1 saturated heterocycles. The number of likely N-dealkylation sites (tertiary alicyclic amines) is 1. The number of hydrogen-bond acceptors (Lipinski definition) is 2. The van der Waals surface area contributed by atoms with Gasteiger partial charge in [-0.3, -0.25) is 4.90 Å². The van der Waals surface area contributed by atoms with Crippen molar-refractivity contribution in [1.82, 2.24) is 4.90 Å². The zero-order valence-corrected chi connectivity index (χ0v) is 10.4. The maximum Gasteiger partial charge on any atom is 0.0940 e. The van der Waals surface area contributed by atoms with Gasteiger partial charge in [-0.05, 0) is 26.3 Å². The van der Waals surface area contributed by atoms with Gasteiger partial charge in [-0.25, -0.2) is 0 Å². The summed E-state index contributed by atoms with van der Waals surface area (Å²) >= 11 is 0. The molecule has 0 aliphatic carbocycles. The van der Waals surface area contributed by atoms with E-state index in [1.165, 1.54) is 5.56 Å². The molecule has 2 heteroatoms. The zero-order chi connectivity index (χ0) is 11.8. The molecular formula is C14H21NO. The minimum Gasteiger partial charge on any atom is -0.387 e. The number of aliphatic hydroxyl groups is 1. The number of benzene rings is 1. The molecule has 2 nitrogen and oxygen atoms in total. The van der Waals surface area contributed by atoms with E-state index in [-0.39, 0.29) is 5.54 Å². The van der Waals surface area contributed by atoms with Crippen LogP contribution in [-0.4, -0.2) is 34.2 Å². The van der Waals surface area contributed by atoms with Crippen molar-refractivity contribution in [1.29, 1.82) is 0 Å². The second kappa shape index (κ2) is 3.86. The monoisotopic (exact) mass is 219 g/mol. The quantitative estimate of drug-likeness (QED) is 0.823. The van der Waals surface area contributed by atoms with Gasteiger partial charge in [0.2, 0.25) is 0 Å². The Morgan fingerprint density at radius 1 is 1.19 bits per heavy atom. The fourth-order valence-electron chi connectivity index (χ4n) is 2.23. The highest BCUT2D eigenvalue weighted by Crippen LogP contribution is 2.31. The SMILES string of the molecule is CC(C)(C)N1CC(O)(Cc2ccccc2)C1. The molecule has 88 valence electrons. The molecule has 0 atom stereocenters. The van der Waals surface area contributed by atoms with E-state index >= 15 is 0 Å². The summed E-state index contributed by atoms with van der Waals surface area (Å²) < 4.78 is 0. The van der Waals surface area contributed by atoms with Crippen molar-refractivity contribution >= 4 is 0 Å². The van der Waals surface area contributed by atoms with Gasteiger partial charge in [0.25, 0.3) is 0 Å². The maximum atomic E-state index is 10.4. The Kier molecular flexibility index (Phi) is 2.81. The molecule has 1 heterocycles. The van der Waals surface area contributed by atoms with Gasteiger partial charge in [0.15, 0.2) is 0 Å². The molecule has 0 unspecified atom stereocenters. The normalized spacial score (nSPS) is 20.5. The molecule has 2 rings (SSSR count). The molecule has 0 amide bonds. The van der Waals surface area contributed by atoms with E-state index in [1.54, 1.807) is 0 Å². The van der Waals surface area contributed by atoms with Crippen LogP contribution in [0, 0.1) is 0 Å². The smallest absolute Gasteiger partial charge is 0.0940 e. The molecule has 1 aromatic rings. The molecule has 16 heavy (non-hydrogen) atoms. The van der Waals surface area contributed by atoms with Gasteiger partial charge >= 0.3 is 0 Å². The zero-order valence-electron chi connectivity index (χ0n) is 10.4. The standard InChI is InChI=1S/C14H21NO/c1-13(2,3)15-10-14(16,11-15)9-12-7-5-4-6-8-12/h4-8,16H,9-11H2,1-3H3. The van der Waals surface area contributed by atoms with Crippen LogP contribution < -0.4 is 0 Å². The summed E-state index contributed by atoms with van der Waals surface area (Å²) in [6.45, 7) is 8.14. The minimum absolute atomic E-state index is 0.170. The lowest BCUT2D eigenvalue weighted by Crippen LogP contribution is -2.67. The Labute approximate surface area is 97.9 Å². The molecule has 1 fully saturated rings. The fourth-order valence-corrected chi connectivity index (χ4v) is 2.23. The largest absolute Gasteiger partial charge is 0.387 e. The van der Waals surface area contributed by atoms with E-state index < -0.39 is 5.60 Å². The van der Waals surface area contributed by atoms with Crippen LogP contribution in [0.4, 0.5) is 0 Å². The van der Waals surface area contributed by atoms with Crippen molar-refractivity contribution in [2.24, 2.45) is 0 Å². The molecule has 0 radical (unpaired) electrons. The van der Waals surface area contributed by atoms with Crippen molar-refractivity contribution < 1.29 is 5.11 Å². The average molecular weight is 219 g/mol. The van der Waals surface area contributed by atoms with Gasteiger partial charge < -0.3 is 5.11 Å². The van der Waals surface area contributed by atoms with Crippen LogP contribution in [0.1, 0.15) is 26.3 Å². The first kappa shape index (κ1) is 11.6. The number of nitrogens with zero attached hydrogens (tertiary/aromatic N) is 1. The van der Waals surface area contributed by atoms with Crippen molar-refractivity contribution in [2.75, 3.05) is 13.1 Å². The number of rotatable bonds is 2. The predicted octanol–water partition coefficient (Wildman–Crippen LogP) is 2.07. The van der Waals surface area contributed by atoms with Gasteiger partial charge in [0.1, 0.15) is 0 Å². The van der Waals surface area contributed by atoms with Gasteiger partial charge in [0.05, 0.1) is 5.60 Å². The van der Waals surface area contributed by atoms with Gasteiger partial charge in [0, 0.05) is 25.0 Å². The topological polar surface area (TPSA) is 23.5 Å². The number of β-amino-alcohol motifs (C(OH)–C–C–N with tert-alkyl or cyclic N) is 1. The van der Waals surface area contributed by atoms with Crippen LogP contribution in [0.3, 0.4) is 0 Å². The maximum absolute atomic E-state index is 10.4. The van der Waals surface area contributed by atoms with Crippen molar-refractivity contribution in [3.8, 4) is 0 Å². The van der Waals surface area contributed by atoms with Crippen molar-refractivity contribution in [3.05, 3.63) is 35.9 Å². The highest BCUT2D eigenvalue weighted by atomic mass is 16.3. The van der Waals surface area contributed by atoms with Gasteiger partial charge in [-0.2, -0.15) is 0 Å². The van der Waals surface area contributed by atoms with E-state index in [2.05, 4.69) is 37.8 Å². The summed E-state index contributed by atoms with van der Waals surface area (Å²) in [6, 6.07) is 10.2. The van der Waals surface area contributed by atoms with Gasteiger partial charge in [-0.15, -0.1) is 0 Å². The summed E-state index contributed by atoms with van der Waals surface area (Å²) in [5, 5.41) is 10.4. The molecule has 1 aliphatic heterocycles. The van der Waals surface area contributed by atoms with Crippen molar-refractivity contribution in [2.45, 2.75) is 38.3 Å². The molecule has 1 aromatic carbocycles. The molecule has 0 aromatic heterocycles. The Hall–Kier alpha value is -0.860. The van der Waals surface area contributed by atoms with Crippen LogP contribution in [0.25, 0.3) is 0 Å². The van der Waals surface area contributed by atoms with Crippen LogP contribution in [0.5, 0.6) is 0 Å². The average Bonchev–Trinajstić information content (AvgIpc) is 2.14. The lowest BCUT2D eigenvalue weighted by atomic mass is 9.83. The second-order valence-corrected chi connectivity index (χ2v) is 5.91. The summed E-state index contributed by atoms with van der Waals surface area (Å²) in [6.07, 6.45) is 0.764. The molecular weight excluding hydrogens is 198 g/mol. The Balaban J connectivity index is 1.94. The highest BCUT2D eigenvalue weighted by molar-refractivity contribution is 5.19. The minimum atomic E-state index is -0.519. The lowest BCUT2D eigenvalue weighted by Gasteiger charge is -2.53. The summed E-state index contributed by atoms with van der Waals surface area (Å²) in [4.78, 5) is 2.32. The number of hydrogen-bond donors (Lipinski definition) is 1. The van der Waals surface area contributed by atoms with Crippen LogP contribution in [0.15, 0.2) is 30.3 Å². The summed E-state index contributed by atoms with van der Waals surface area (Å²) in [5.74, 6) is 0. The van der Waals surface area contributed by atoms with Crippen LogP contribution in [0.2, 0.25) is 0 Å². The van der Waals surface area contributed by atoms with E-state index in [1.807, 2.05) is 18.2 Å². The molecule has 0 bridgehead atoms. The summed E-state index contributed by atoms with van der Waals surface area (Å²) in [5.41, 5.74) is 0.871. The molecule has 0 saturated carbocycles. The van der Waals surface area contributed by atoms with E-state index in [0.717, 1.165) is 19.5 Å². The Morgan fingerprint density at radius 2 is 1.75 bits per heavy atom. The van der Waals surface area contributed by atoms with E-state index in [0.29, 0.717) is 0 Å². The summed E-state index contributed by atoms with van der Waals surface area (Å²) in [7, 11) is 0. The first-order chi connectivity index (χ1) is 7.39. The van der Waals surface area contributed by atoms with Crippen LogP contribution in [-0.2, 0) is 6.42 Å². The van der Waals surface area contributed by atoms with Gasteiger partial charge in [-0.1, -0.05) is 30.3 Å².